The number of aromatic nitrogens is 2. The first-order chi connectivity index (χ1) is 13.5. The van der Waals surface area contributed by atoms with Crippen molar-refractivity contribution in [3.8, 4) is 0 Å². The zero-order chi connectivity index (χ0) is 19.7. The molecule has 1 aromatic heterocycles. The number of rotatable bonds is 4. The average Bonchev–Trinajstić information content (AvgIpc) is 2.65. The molecule has 0 aliphatic heterocycles. The number of nitrogens with one attached hydrogen (secondary N) is 2. The molecule has 1 heterocycles. The van der Waals surface area contributed by atoms with E-state index < -0.39 is 0 Å². The first kappa shape index (κ1) is 18.2. The Morgan fingerprint density at radius 2 is 1.68 bits per heavy atom. The van der Waals surface area contributed by atoms with E-state index in [0.29, 0.717) is 23.8 Å². The Bertz CT molecular complexity index is 1060. The van der Waals surface area contributed by atoms with Crippen molar-refractivity contribution < 1.29 is 4.79 Å². The third kappa shape index (κ3) is 3.74. The fourth-order valence-corrected chi connectivity index (χ4v) is 3.48. The van der Waals surface area contributed by atoms with Crippen LogP contribution in [0.3, 0.4) is 0 Å². The summed E-state index contributed by atoms with van der Waals surface area (Å²) < 4.78 is 0. The molecule has 1 aliphatic carbocycles. The third-order valence-electron chi connectivity index (χ3n) is 5.12. The zero-order valence-corrected chi connectivity index (χ0v) is 16.5. The summed E-state index contributed by atoms with van der Waals surface area (Å²) in [5, 5.41) is 6.64. The number of benzene rings is 2. The van der Waals surface area contributed by atoms with Crippen LogP contribution in [0.25, 0.3) is 0 Å². The van der Waals surface area contributed by atoms with Gasteiger partial charge in [-0.2, -0.15) is 4.98 Å². The van der Waals surface area contributed by atoms with Crippen molar-refractivity contribution in [1.82, 2.24) is 9.97 Å². The van der Waals surface area contributed by atoms with Crippen molar-refractivity contribution in [2.45, 2.75) is 40.0 Å². The molecule has 0 radical (unpaired) electrons. The normalized spacial score (nSPS) is 13.2. The maximum atomic E-state index is 12.6. The predicted molar refractivity (Wildman–Crippen MR) is 113 cm³/mol. The number of carbonyl (C=O) groups is 1. The molecule has 0 saturated carbocycles. The molecule has 0 unspecified atom stereocenters. The fraction of sp³-hybridized carbons (Fsp3) is 0.261. The lowest BCUT2D eigenvalue weighted by molar-refractivity contribution is 0.0972. The molecule has 4 rings (SSSR count). The van der Waals surface area contributed by atoms with Gasteiger partial charge in [-0.15, -0.1) is 0 Å². The summed E-state index contributed by atoms with van der Waals surface area (Å²) in [6, 6.07) is 14.2. The van der Waals surface area contributed by atoms with Crippen LogP contribution in [0.15, 0.2) is 42.5 Å². The van der Waals surface area contributed by atoms with Crippen molar-refractivity contribution >= 4 is 28.9 Å². The monoisotopic (exact) mass is 372 g/mol. The minimum absolute atomic E-state index is 0.106. The van der Waals surface area contributed by atoms with Gasteiger partial charge in [0.15, 0.2) is 5.78 Å². The maximum Gasteiger partial charge on any atom is 0.229 e. The molecule has 2 aromatic carbocycles. The van der Waals surface area contributed by atoms with Gasteiger partial charge < -0.3 is 10.6 Å². The number of nitrogens with zero attached hydrogens (tertiary/aromatic N) is 2. The Kier molecular flexibility index (Phi) is 4.82. The molecule has 0 amide bonds. The SMILES string of the molecule is Cc1cccc(Nc2nc(Nc3ccc(C)c(C)c3)nc3c2C(=O)CCC3)c1. The van der Waals surface area contributed by atoms with Crippen molar-refractivity contribution in [2.75, 3.05) is 10.6 Å². The summed E-state index contributed by atoms with van der Waals surface area (Å²) in [6.07, 6.45) is 2.16. The smallest absolute Gasteiger partial charge is 0.229 e. The number of carbonyl (C=O) groups excluding carboxylic acids is 1. The van der Waals surface area contributed by atoms with Crippen LogP contribution in [0.2, 0.25) is 0 Å². The lowest BCUT2D eigenvalue weighted by atomic mass is 9.95. The van der Waals surface area contributed by atoms with Gasteiger partial charge in [0.2, 0.25) is 5.95 Å². The summed E-state index contributed by atoms with van der Waals surface area (Å²) in [5.74, 6) is 1.19. The van der Waals surface area contributed by atoms with E-state index in [1.54, 1.807) is 0 Å². The number of aryl methyl sites for hydroxylation is 4. The van der Waals surface area contributed by atoms with Crippen LogP contribution in [0, 0.1) is 20.8 Å². The van der Waals surface area contributed by atoms with Crippen LogP contribution in [0.5, 0.6) is 0 Å². The molecule has 0 spiro atoms. The Balaban J connectivity index is 1.73. The first-order valence-corrected chi connectivity index (χ1v) is 9.62. The molecular formula is C23H24N4O. The quantitative estimate of drug-likeness (QED) is 0.641. The lowest BCUT2D eigenvalue weighted by Crippen LogP contribution is -2.17. The molecule has 0 atom stereocenters. The van der Waals surface area contributed by atoms with E-state index in [9.17, 15) is 4.79 Å². The average molecular weight is 372 g/mol. The molecule has 0 saturated heterocycles. The van der Waals surface area contributed by atoms with Crippen molar-refractivity contribution in [3.05, 3.63) is 70.4 Å². The number of hydrogen-bond acceptors (Lipinski definition) is 5. The summed E-state index contributed by atoms with van der Waals surface area (Å²) in [6.45, 7) is 6.21. The molecule has 142 valence electrons. The van der Waals surface area contributed by atoms with E-state index in [1.807, 2.05) is 37.3 Å². The predicted octanol–water partition coefficient (Wildman–Crippen LogP) is 5.41. The second-order valence-electron chi connectivity index (χ2n) is 7.41. The Morgan fingerprint density at radius 3 is 2.46 bits per heavy atom. The molecule has 0 bridgehead atoms. The van der Waals surface area contributed by atoms with Crippen LogP contribution in [-0.4, -0.2) is 15.8 Å². The number of fused-ring (bicyclic) bond motifs is 1. The van der Waals surface area contributed by atoms with Gasteiger partial charge in [0.1, 0.15) is 5.82 Å². The molecule has 1 aliphatic rings. The highest BCUT2D eigenvalue weighted by Gasteiger charge is 2.24. The summed E-state index contributed by atoms with van der Waals surface area (Å²) in [5.41, 5.74) is 6.88. The lowest BCUT2D eigenvalue weighted by Gasteiger charge is -2.19. The summed E-state index contributed by atoms with van der Waals surface area (Å²) >= 11 is 0. The van der Waals surface area contributed by atoms with Gasteiger partial charge in [0.25, 0.3) is 0 Å². The number of anilines is 4. The van der Waals surface area contributed by atoms with Gasteiger partial charge >= 0.3 is 0 Å². The molecule has 3 aromatic rings. The Morgan fingerprint density at radius 1 is 0.857 bits per heavy atom. The molecule has 0 fully saturated rings. The van der Waals surface area contributed by atoms with Gasteiger partial charge in [-0.05, 0) is 74.6 Å². The van der Waals surface area contributed by atoms with E-state index in [1.165, 1.54) is 11.1 Å². The second-order valence-corrected chi connectivity index (χ2v) is 7.41. The third-order valence-corrected chi connectivity index (χ3v) is 5.12. The molecule has 5 nitrogen and oxygen atoms in total. The van der Waals surface area contributed by atoms with Crippen LogP contribution >= 0.6 is 0 Å². The van der Waals surface area contributed by atoms with Crippen LogP contribution in [-0.2, 0) is 6.42 Å². The van der Waals surface area contributed by atoms with E-state index >= 15 is 0 Å². The van der Waals surface area contributed by atoms with E-state index in [2.05, 4.69) is 46.6 Å². The standard InChI is InChI=1S/C23H24N4O/c1-14-6-4-7-17(12-14)24-22-21-19(8-5-9-20(21)28)26-23(27-22)25-18-11-10-15(2)16(3)13-18/h4,6-7,10-13H,5,8-9H2,1-3H3,(H2,24,25,26,27). The summed E-state index contributed by atoms with van der Waals surface area (Å²) in [4.78, 5) is 21.9. The number of ketones is 1. The number of Topliss-reactive ketones (excluding diaryl/α,β-unsaturated/α-hetero) is 1. The van der Waals surface area contributed by atoms with E-state index in [4.69, 9.17) is 0 Å². The molecule has 28 heavy (non-hydrogen) atoms. The van der Waals surface area contributed by atoms with Crippen molar-refractivity contribution in [2.24, 2.45) is 0 Å². The maximum absolute atomic E-state index is 12.6. The van der Waals surface area contributed by atoms with E-state index in [0.717, 1.165) is 35.5 Å². The van der Waals surface area contributed by atoms with Crippen LogP contribution < -0.4 is 10.6 Å². The molecular weight excluding hydrogens is 348 g/mol. The highest BCUT2D eigenvalue weighted by molar-refractivity contribution is 6.03. The van der Waals surface area contributed by atoms with Crippen molar-refractivity contribution in [3.63, 3.8) is 0 Å². The topological polar surface area (TPSA) is 66.9 Å². The highest BCUT2D eigenvalue weighted by atomic mass is 16.1. The second kappa shape index (κ2) is 7.43. The zero-order valence-electron chi connectivity index (χ0n) is 16.5. The summed E-state index contributed by atoms with van der Waals surface area (Å²) in [7, 11) is 0. The minimum atomic E-state index is 0.106. The van der Waals surface area contributed by atoms with Crippen molar-refractivity contribution in [1.29, 1.82) is 0 Å². The highest BCUT2D eigenvalue weighted by Crippen LogP contribution is 2.30. The Labute approximate surface area is 165 Å². The fourth-order valence-electron chi connectivity index (χ4n) is 3.48. The van der Waals surface area contributed by atoms with Gasteiger partial charge in [0.05, 0.1) is 11.3 Å². The van der Waals surface area contributed by atoms with Gasteiger partial charge in [-0.1, -0.05) is 18.2 Å². The largest absolute Gasteiger partial charge is 0.339 e. The molecule has 5 heteroatoms. The van der Waals surface area contributed by atoms with Gasteiger partial charge in [-0.25, -0.2) is 4.98 Å². The van der Waals surface area contributed by atoms with Crippen LogP contribution in [0.1, 0.15) is 45.6 Å². The first-order valence-electron chi connectivity index (χ1n) is 9.62. The minimum Gasteiger partial charge on any atom is -0.339 e. The van der Waals surface area contributed by atoms with Gasteiger partial charge in [-0.3, -0.25) is 4.79 Å². The molecule has 2 N–H and O–H groups in total. The number of hydrogen-bond donors (Lipinski definition) is 2. The van der Waals surface area contributed by atoms with Crippen LogP contribution in [0.4, 0.5) is 23.1 Å². The Hall–Kier alpha value is -3.21. The van der Waals surface area contributed by atoms with E-state index in [-0.39, 0.29) is 5.78 Å². The van der Waals surface area contributed by atoms with Gasteiger partial charge in [0, 0.05) is 17.8 Å².